The largest absolute Gasteiger partial charge is 0.469 e. The Bertz CT molecular complexity index is 179. The maximum atomic E-state index is 5.67. The van der Waals surface area contributed by atoms with Crippen molar-refractivity contribution in [2.24, 2.45) is 5.73 Å². The molecule has 1 heterocycles. The van der Waals surface area contributed by atoms with Crippen LogP contribution in [-0.4, -0.2) is 6.04 Å². The van der Waals surface area contributed by atoms with E-state index in [0.29, 0.717) is 5.92 Å². The molecule has 2 N–H and O–H groups in total. The molecule has 2 atom stereocenters. The van der Waals surface area contributed by atoms with Gasteiger partial charge in [0.1, 0.15) is 5.76 Å². The molecule has 0 saturated carbocycles. The fourth-order valence-corrected chi connectivity index (χ4v) is 0.809. The lowest BCUT2D eigenvalue weighted by Crippen LogP contribution is -2.21. The van der Waals surface area contributed by atoms with E-state index in [0.717, 1.165) is 5.76 Å². The van der Waals surface area contributed by atoms with Crippen molar-refractivity contribution >= 4 is 0 Å². The van der Waals surface area contributed by atoms with Gasteiger partial charge in [0, 0.05) is 12.0 Å². The van der Waals surface area contributed by atoms with Crippen LogP contribution in [0.25, 0.3) is 0 Å². The molecule has 1 rings (SSSR count). The quantitative estimate of drug-likeness (QED) is 0.677. The van der Waals surface area contributed by atoms with Gasteiger partial charge in [-0.25, -0.2) is 0 Å². The Morgan fingerprint density at radius 2 is 2.20 bits per heavy atom. The van der Waals surface area contributed by atoms with Gasteiger partial charge in [-0.15, -0.1) is 0 Å². The van der Waals surface area contributed by atoms with E-state index in [1.807, 2.05) is 19.1 Å². The van der Waals surface area contributed by atoms with Crippen molar-refractivity contribution in [3.63, 3.8) is 0 Å². The highest BCUT2D eigenvalue weighted by Gasteiger charge is 2.11. The predicted molar refractivity (Wildman–Crippen MR) is 40.8 cm³/mol. The van der Waals surface area contributed by atoms with E-state index < -0.39 is 0 Å². The van der Waals surface area contributed by atoms with E-state index in [9.17, 15) is 0 Å². The second kappa shape index (κ2) is 2.88. The summed E-state index contributed by atoms with van der Waals surface area (Å²) in [5.74, 6) is 1.28. The minimum atomic E-state index is 0.158. The predicted octanol–water partition coefficient (Wildman–Crippen LogP) is 1.73. The standard InChI is InChI=1S/C8H13NO/c1-6(7(2)9)8-4-3-5-10-8/h3-7H,9H2,1-2H3. The number of hydrogen-bond acceptors (Lipinski definition) is 2. The number of rotatable bonds is 2. The van der Waals surface area contributed by atoms with Crippen LogP contribution in [0.1, 0.15) is 25.5 Å². The number of nitrogens with two attached hydrogens (primary N) is 1. The number of furan rings is 1. The first-order valence-electron chi connectivity index (χ1n) is 3.51. The summed E-state index contributed by atoms with van der Waals surface area (Å²) in [6.07, 6.45) is 1.67. The van der Waals surface area contributed by atoms with E-state index in [1.54, 1.807) is 6.26 Å². The second-order valence-electron chi connectivity index (χ2n) is 2.66. The molecule has 1 aromatic heterocycles. The molecular weight excluding hydrogens is 126 g/mol. The zero-order valence-corrected chi connectivity index (χ0v) is 6.37. The van der Waals surface area contributed by atoms with Crippen LogP contribution in [0.3, 0.4) is 0 Å². The monoisotopic (exact) mass is 139 g/mol. The van der Waals surface area contributed by atoms with Gasteiger partial charge in [-0.1, -0.05) is 6.92 Å². The molecule has 10 heavy (non-hydrogen) atoms. The van der Waals surface area contributed by atoms with Crippen LogP contribution < -0.4 is 5.73 Å². The van der Waals surface area contributed by atoms with E-state index >= 15 is 0 Å². The summed E-state index contributed by atoms with van der Waals surface area (Å²) >= 11 is 0. The molecule has 0 amide bonds. The lowest BCUT2D eigenvalue weighted by atomic mass is 10.0. The highest BCUT2D eigenvalue weighted by atomic mass is 16.3. The van der Waals surface area contributed by atoms with E-state index in [4.69, 9.17) is 10.2 Å². The molecule has 0 radical (unpaired) electrons. The molecule has 2 unspecified atom stereocenters. The average Bonchev–Trinajstić information content (AvgIpc) is 2.36. The molecule has 0 bridgehead atoms. The van der Waals surface area contributed by atoms with Crippen LogP contribution in [0.5, 0.6) is 0 Å². The highest BCUT2D eigenvalue weighted by Crippen LogP contribution is 2.17. The Hall–Kier alpha value is -0.760. The van der Waals surface area contributed by atoms with Crippen molar-refractivity contribution in [1.82, 2.24) is 0 Å². The Labute approximate surface area is 61.0 Å². The zero-order chi connectivity index (χ0) is 7.56. The first-order chi connectivity index (χ1) is 4.72. The smallest absolute Gasteiger partial charge is 0.108 e. The highest BCUT2D eigenvalue weighted by molar-refractivity contribution is 5.05. The maximum absolute atomic E-state index is 5.67. The van der Waals surface area contributed by atoms with Gasteiger partial charge in [0.2, 0.25) is 0 Å². The lowest BCUT2D eigenvalue weighted by Gasteiger charge is -2.11. The molecule has 0 aromatic carbocycles. The molecule has 0 fully saturated rings. The van der Waals surface area contributed by atoms with Gasteiger partial charge >= 0.3 is 0 Å². The molecule has 1 aromatic rings. The van der Waals surface area contributed by atoms with Gasteiger partial charge in [-0.2, -0.15) is 0 Å². The SMILES string of the molecule is CC(N)C(C)c1ccco1. The van der Waals surface area contributed by atoms with Crippen molar-refractivity contribution in [2.45, 2.75) is 25.8 Å². The summed E-state index contributed by atoms with van der Waals surface area (Å²) in [6.45, 7) is 4.04. The van der Waals surface area contributed by atoms with Gasteiger partial charge in [0.25, 0.3) is 0 Å². The van der Waals surface area contributed by atoms with Gasteiger partial charge in [0.05, 0.1) is 6.26 Å². The Morgan fingerprint density at radius 3 is 2.60 bits per heavy atom. The van der Waals surface area contributed by atoms with Crippen molar-refractivity contribution in [2.75, 3.05) is 0 Å². The number of hydrogen-bond donors (Lipinski definition) is 1. The van der Waals surface area contributed by atoms with Crippen LogP contribution >= 0.6 is 0 Å². The normalized spacial score (nSPS) is 16.7. The topological polar surface area (TPSA) is 39.2 Å². The summed E-state index contributed by atoms with van der Waals surface area (Å²) in [7, 11) is 0. The van der Waals surface area contributed by atoms with Crippen LogP contribution in [0.2, 0.25) is 0 Å². The van der Waals surface area contributed by atoms with E-state index in [-0.39, 0.29) is 6.04 Å². The van der Waals surface area contributed by atoms with Crippen LogP contribution in [-0.2, 0) is 0 Å². The summed E-state index contributed by atoms with van der Waals surface area (Å²) < 4.78 is 5.18. The molecule has 0 saturated heterocycles. The van der Waals surface area contributed by atoms with Crippen LogP contribution in [0.15, 0.2) is 22.8 Å². The van der Waals surface area contributed by atoms with Crippen LogP contribution in [0.4, 0.5) is 0 Å². The second-order valence-corrected chi connectivity index (χ2v) is 2.66. The van der Waals surface area contributed by atoms with Crippen molar-refractivity contribution in [3.05, 3.63) is 24.2 Å². The lowest BCUT2D eigenvalue weighted by molar-refractivity contribution is 0.445. The van der Waals surface area contributed by atoms with Gasteiger partial charge in [0.15, 0.2) is 0 Å². The molecule has 2 nitrogen and oxygen atoms in total. The molecule has 0 aliphatic heterocycles. The minimum Gasteiger partial charge on any atom is -0.469 e. The Kier molecular flexibility index (Phi) is 2.12. The zero-order valence-electron chi connectivity index (χ0n) is 6.37. The fraction of sp³-hybridized carbons (Fsp3) is 0.500. The molecule has 0 aliphatic rings. The van der Waals surface area contributed by atoms with Gasteiger partial charge in [-0.3, -0.25) is 0 Å². The third-order valence-corrected chi connectivity index (χ3v) is 1.78. The molecule has 2 heteroatoms. The first-order valence-corrected chi connectivity index (χ1v) is 3.51. The first kappa shape index (κ1) is 7.35. The fourth-order valence-electron chi connectivity index (χ4n) is 0.809. The van der Waals surface area contributed by atoms with E-state index in [1.165, 1.54) is 0 Å². The Balaban J connectivity index is 2.68. The van der Waals surface area contributed by atoms with Gasteiger partial charge in [-0.05, 0) is 19.1 Å². The average molecular weight is 139 g/mol. The maximum Gasteiger partial charge on any atom is 0.108 e. The third kappa shape index (κ3) is 1.39. The third-order valence-electron chi connectivity index (χ3n) is 1.78. The summed E-state index contributed by atoms with van der Waals surface area (Å²) in [6, 6.07) is 3.99. The molecule has 0 spiro atoms. The van der Waals surface area contributed by atoms with Crippen molar-refractivity contribution in [3.8, 4) is 0 Å². The van der Waals surface area contributed by atoms with E-state index in [2.05, 4.69) is 6.92 Å². The molecular formula is C8H13NO. The summed E-state index contributed by atoms with van der Waals surface area (Å²) in [4.78, 5) is 0. The molecule has 56 valence electrons. The van der Waals surface area contributed by atoms with Crippen LogP contribution in [0, 0.1) is 0 Å². The minimum absolute atomic E-state index is 0.158. The molecule has 0 aliphatic carbocycles. The summed E-state index contributed by atoms with van der Waals surface area (Å²) in [5.41, 5.74) is 5.67. The van der Waals surface area contributed by atoms with Crippen molar-refractivity contribution < 1.29 is 4.42 Å². The van der Waals surface area contributed by atoms with Gasteiger partial charge < -0.3 is 10.2 Å². The summed E-state index contributed by atoms with van der Waals surface area (Å²) in [5, 5.41) is 0. The van der Waals surface area contributed by atoms with Crippen molar-refractivity contribution in [1.29, 1.82) is 0 Å². The Morgan fingerprint density at radius 1 is 1.50 bits per heavy atom.